The molecule has 0 radical (unpaired) electrons. The highest BCUT2D eigenvalue weighted by molar-refractivity contribution is 7.89. The van der Waals surface area contributed by atoms with Gasteiger partial charge in [-0.25, -0.2) is 4.83 Å². The lowest BCUT2D eigenvalue weighted by Crippen LogP contribution is -2.18. The Balaban J connectivity index is 1.79. The lowest BCUT2D eigenvalue weighted by molar-refractivity contribution is 0.355. The molecule has 2 N–H and O–H groups in total. The number of hydrogen-bond acceptors (Lipinski definition) is 6. The highest BCUT2D eigenvalue weighted by Crippen LogP contribution is 2.32. The number of hydrogen-bond donors (Lipinski definition) is 2. The van der Waals surface area contributed by atoms with Crippen LogP contribution < -0.4 is 14.3 Å². The minimum atomic E-state index is -3.77. The number of sulfonamides is 1. The maximum Gasteiger partial charge on any atom is 0.276 e. The van der Waals surface area contributed by atoms with Crippen molar-refractivity contribution in [2.24, 2.45) is 5.10 Å². The number of rotatable bonds is 8. The zero-order valence-electron chi connectivity index (χ0n) is 17.2. The Morgan fingerprint density at radius 2 is 1.77 bits per heavy atom. The maximum atomic E-state index is 12.5. The number of aromatic amines is 1. The third kappa shape index (κ3) is 4.62. The van der Waals surface area contributed by atoms with Crippen molar-refractivity contribution in [3.05, 3.63) is 59.8 Å². The number of H-pyrrole nitrogens is 1. The number of methoxy groups -OCH3 is 2. The van der Waals surface area contributed by atoms with Crippen molar-refractivity contribution in [1.29, 1.82) is 0 Å². The second-order valence-electron chi connectivity index (χ2n) is 6.85. The van der Waals surface area contributed by atoms with Gasteiger partial charge in [0.1, 0.15) is 0 Å². The van der Waals surface area contributed by atoms with Crippen LogP contribution in [0.5, 0.6) is 11.5 Å². The smallest absolute Gasteiger partial charge is 0.276 e. The number of benzene rings is 2. The lowest BCUT2D eigenvalue weighted by Gasteiger charge is -2.09. The topological polar surface area (TPSA) is 106 Å². The van der Waals surface area contributed by atoms with Crippen LogP contribution in [0.1, 0.15) is 30.9 Å². The van der Waals surface area contributed by atoms with E-state index in [0.29, 0.717) is 28.7 Å². The van der Waals surface area contributed by atoms with Crippen molar-refractivity contribution in [1.82, 2.24) is 15.0 Å². The number of nitrogens with one attached hydrogen (secondary N) is 2. The Bertz CT molecular complexity index is 1140. The average Bonchev–Trinajstić information content (AvgIpc) is 3.21. The van der Waals surface area contributed by atoms with Gasteiger partial charge in [0.2, 0.25) is 0 Å². The van der Waals surface area contributed by atoms with E-state index in [0.717, 1.165) is 11.1 Å². The van der Waals surface area contributed by atoms with Crippen LogP contribution in [0.25, 0.3) is 11.3 Å². The minimum absolute atomic E-state index is 0.149. The first-order valence-electron chi connectivity index (χ1n) is 9.26. The van der Waals surface area contributed by atoms with Crippen LogP contribution in [-0.2, 0) is 10.0 Å². The largest absolute Gasteiger partial charge is 0.493 e. The quantitative estimate of drug-likeness (QED) is 0.422. The van der Waals surface area contributed by atoms with Crippen molar-refractivity contribution in [2.75, 3.05) is 14.2 Å². The SMILES string of the molecule is COc1ccc(-c2[nH]ncc2/C=N/NS(=O)(=O)c2ccc(C(C)C)cc2)cc1OC. The Kier molecular flexibility index (Phi) is 6.41. The van der Waals surface area contributed by atoms with Crippen LogP contribution in [0, 0.1) is 0 Å². The van der Waals surface area contributed by atoms with E-state index < -0.39 is 10.0 Å². The van der Waals surface area contributed by atoms with Gasteiger partial charge in [0.15, 0.2) is 11.5 Å². The van der Waals surface area contributed by atoms with Crippen LogP contribution in [0.15, 0.2) is 58.7 Å². The molecule has 158 valence electrons. The molecule has 0 bridgehead atoms. The average molecular weight is 429 g/mol. The Morgan fingerprint density at radius 3 is 2.40 bits per heavy atom. The molecule has 0 aliphatic rings. The van der Waals surface area contributed by atoms with Gasteiger partial charge in [-0.1, -0.05) is 26.0 Å². The van der Waals surface area contributed by atoms with Gasteiger partial charge in [-0.05, 0) is 41.8 Å². The van der Waals surface area contributed by atoms with Gasteiger partial charge >= 0.3 is 0 Å². The monoisotopic (exact) mass is 428 g/mol. The van der Waals surface area contributed by atoms with Crippen LogP contribution in [-0.4, -0.2) is 39.0 Å². The maximum absolute atomic E-state index is 12.5. The second-order valence-corrected chi connectivity index (χ2v) is 8.51. The predicted octanol–water partition coefficient (Wildman–Crippen LogP) is 3.53. The summed E-state index contributed by atoms with van der Waals surface area (Å²) in [7, 11) is -0.649. The zero-order chi connectivity index (χ0) is 21.7. The second kappa shape index (κ2) is 9.00. The Hall–Kier alpha value is -3.33. The molecule has 3 rings (SSSR count). The zero-order valence-corrected chi connectivity index (χ0v) is 18.0. The fourth-order valence-corrected chi connectivity index (χ4v) is 3.66. The van der Waals surface area contributed by atoms with Gasteiger partial charge in [-0.3, -0.25) is 5.10 Å². The van der Waals surface area contributed by atoms with Crippen molar-refractivity contribution in [3.8, 4) is 22.8 Å². The summed E-state index contributed by atoms with van der Waals surface area (Å²) in [6.45, 7) is 4.10. The van der Waals surface area contributed by atoms with Crippen LogP contribution in [0.3, 0.4) is 0 Å². The van der Waals surface area contributed by atoms with Gasteiger partial charge in [-0.2, -0.15) is 18.6 Å². The standard InChI is InChI=1S/C21H24N4O4S/c1-14(2)15-5-8-18(9-6-15)30(26,27)25-23-13-17-12-22-24-21(17)16-7-10-19(28-3)20(11-16)29-4/h5-14,25H,1-4H3,(H,22,24)/b23-13+. The van der Waals surface area contributed by atoms with E-state index in [9.17, 15) is 8.42 Å². The molecule has 2 aromatic carbocycles. The number of ether oxygens (including phenoxy) is 2. The van der Waals surface area contributed by atoms with Crippen LogP contribution in [0.2, 0.25) is 0 Å². The molecule has 0 saturated heterocycles. The molecule has 0 spiro atoms. The molecule has 0 aliphatic carbocycles. The first-order chi connectivity index (χ1) is 14.4. The third-order valence-corrected chi connectivity index (χ3v) is 5.81. The lowest BCUT2D eigenvalue weighted by atomic mass is 10.0. The third-order valence-electron chi connectivity index (χ3n) is 4.57. The van der Waals surface area contributed by atoms with E-state index in [1.165, 1.54) is 6.21 Å². The van der Waals surface area contributed by atoms with E-state index in [1.807, 2.05) is 19.9 Å². The van der Waals surface area contributed by atoms with Crippen molar-refractivity contribution in [3.63, 3.8) is 0 Å². The number of aromatic nitrogens is 2. The summed E-state index contributed by atoms with van der Waals surface area (Å²) < 4.78 is 35.5. The summed E-state index contributed by atoms with van der Waals surface area (Å²) in [4.78, 5) is 2.39. The summed E-state index contributed by atoms with van der Waals surface area (Å²) in [5.74, 6) is 1.49. The van der Waals surface area contributed by atoms with Gasteiger partial charge in [0.05, 0.1) is 37.2 Å². The molecular formula is C21H24N4O4S. The molecule has 0 amide bonds. The van der Waals surface area contributed by atoms with Crippen LogP contribution in [0.4, 0.5) is 0 Å². The van der Waals surface area contributed by atoms with E-state index >= 15 is 0 Å². The van der Waals surface area contributed by atoms with Crippen molar-refractivity contribution in [2.45, 2.75) is 24.7 Å². The predicted molar refractivity (Wildman–Crippen MR) is 116 cm³/mol. The molecule has 0 aliphatic heterocycles. The van der Waals surface area contributed by atoms with Gasteiger partial charge < -0.3 is 9.47 Å². The molecule has 3 aromatic rings. The first kappa shape index (κ1) is 21.4. The summed E-state index contributed by atoms with van der Waals surface area (Å²) in [6, 6.07) is 12.2. The van der Waals surface area contributed by atoms with Gasteiger partial charge in [0, 0.05) is 11.1 Å². The Labute approximate surface area is 176 Å². The molecule has 8 nitrogen and oxygen atoms in total. The molecule has 1 aromatic heterocycles. The molecule has 0 unspecified atom stereocenters. The van der Waals surface area contributed by atoms with Crippen molar-refractivity contribution >= 4 is 16.2 Å². The number of nitrogens with zero attached hydrogens (tertiary/aromatic N) is 2. The molecular weight excluding hydrogens is 404 g/mol. The summed E-state index contributed by atoms with van der Waals surface area (Å²) in [5.41, 5.74) is 3.13. The van der Waals surface area contributed by atoms with E-state index in [1.54, 1.807) is 56.8 Å². The molecule has 0 atom stereocenters. The Morgan fingerprint density at radius 1 is 1.07 bits per heavy atom. The van der Waals surface area contributed by atoms with E-state index in [-0.39, 0.29) is 4.90 Å². The van der Waals surface area contributed by atoms with Gasteiger partial charge in [-0.15, -0.1) is 0 Å². The van der Waals surface area contributed by atoms with Gasteiger partial charge in [0.25, 0.3) is 10.0 Å². The summed E-state index contributed by atoms with van der Waals surface area (Å²) >= 11 is 0. The molecule has 9 heteroatoms. The van der Waals surface area contributed by atoms with Crippen LogP contribution >= 0.6 is 0 Å². The number of hydrazone groups is 1. The normalized spacial score (nSPS) is 11.8. The molecule has 0 fully saturated rings. The summed E-state index contributed by atoms with van der Waals surface area (Å²) in [6.07, 6.45) is 2.96. The highest BCUT2D eigenvalue weighted by Gasteiger charge is 2.14. The molecule has 30 heavy (non-hydrogen) atoms. The fraction of sp³-hybridized carbons (Fsp3) is 0.238. The minimum Gasteiger partial charge on any atom is -0.493 e. The summed E-state index contributed by atoms with van der Waals surface area (Å²) in [5, 5.41) is 10.8. The molecule has 0 saturated carbocycles. The van der Waals surface area contributed by atoms with E-state index in [2.05, 4.69) is 20.1 Å². The molecule has 1 heterocycles. The first-order valence-corrected chi connectivity index (χ1v) is 10.7. The van der Waals surface area contributed by atoms with E-state index in [4.69, 9.17) is 9.47 Å². The highest BCUT2D eigenvalue weighted by atomic mass is 32.2. The fourth-order valence-electron chi connectivity index (χ4n) is 2.87. The van der Waals surface area contributed by atoms with Crippen molar-refractivity contribution < 1.29 is 17.9 Å².